The molecule has 1 N–H and O–H groups in total. The summed E-state index contributed by atoms with van der Waals surface area (Å²) in [5.41, 5.74) is 2.80. The number of benzene rings is 1. The van der Waals surface area contributed by atoms with Gasteiger partial charge in [-0.25, -0.2) is 0 Å². The molecule has 1 aromatic heterocycles. The van der Waals surface area contributed by atoms with E-state index in [1.165, 1.54) is 0 Å². The first-order valence-electron chi connectivity index (χ1n) is 5.02. The first-order chi connectivity index (χ1) is 7.66. The first-order valence-corrected chi connectivity index (χ1v) is 5.02. The molecule has 0 saturated carbocycles. The van der Waals surface area contributed by atoms with Crippen molar-refractivity contribution in [2.24, 2.45) is 0 Å². The summed E-state index contributed by atoms with van der Waals surface area (Å²) in [6.07, 6.45) is 1.65. The molecule has 3 heteroatoms. The number of carboxylic acid groups (broad SMARTS) is 1. The Labute approximate surface area is 93.3 Å². The molecule has 0 aliphatic rings. The molecule has 0 atom stereocenters. The molecular formula is C13H12O3. The summed E-state index contributed by atoms with van der Waals surface area (Å²) in [6, 6.07) is 9.29. The van der Waals surface area contributed by atoms with Crippen LogP contribution in [0.1, 0.15) is 11.1 Å². The molecule has 0 spiro atoms. The van der Waals surface area contributed by atoms with E-state index in [0.29, 0.717) is 0 Å². The Morgan fingerprint density at radius 2 is 2.19 bits per heavy atom. The van der Waals surface area contributed by atoms with Crippen molar-refractivity contribution in [3.63, 3.8) is 0 Å². The van der Waals surface area contributed by atoms with E-state index in [2.05, 4.69) is 0 Å². The van der Waals surface area contributed by atoms with Crippen LogP contribution in [0, 0.1) is 6.92 Å². The van der Waals surface area contributed by atoms with E-state index in [1.54, 1.807) is 6.26 Å². The Hall–Kier alpha value is -2.03. The Bertz CT molecular complexity index is 498. The maximum Gasteiger partial charge on any atom is 0.307 e. The summed E-state index contributed by atoms with van der Waals surface area (Å²) in [7, 11) is 0. The van der Waals surface area contributed by atoms with Gasteiger partial charge < -0.3 is 9.52 Å². The zero-order valence-corrected chi connectivity index (χ0v) is 8.93. The summed E-state index contributed by atoms with van der Waals surface area (Å²) in [5, 5.41) is 8.73. The van der Waals surface area contributed by atoms with Crippen molar-refractivity contribution in [2.45, 2.75) is 13.3 Å². The third kappa shape index (κ3) is 2.14. The van der Waals surface area contributed by atoms with Crippen LogP contribution >= 0.6 is 0 Å². The third-order valence-electron chi connectivity index (χ3n) is 2.44. The molecule has 0 saturated heterocycles. The molecule has 0 aliphatic carbocycles. The summed E-state index contributed by atoms with van der Waals surface area (Å²) < 4.78 is 5.31. The topological polar surface area (TPSA) is 50.4 Å². The molecule has 82 valence electrons. The van der Waals surface area contributed by atoms with Crippen LogP contribution < -0.4 is 0 Å². The highest BCUT2D eigenvalue weighted by Gasteiger charge is 2.07. The fourth-order valence-electron chi connectivity index (χ4n) is 1.65. The van der Waals surface area contributed by atoms with E-state index in [-0.39, 0.29) is 6.42 Å². The van der Waals surface area contributed by atoms with Crippen molar-refractivity contribution < 1.29 is 14.3 Å². The summed E-state index contributed by atoms with van der Waals surface area (Å²) in [6.45, 7) is 1.97. The van der Waals surface area contributed by atoms with Gasteiger partial charge in [-0.3, -0.25) is 4.79 Å². The predicted octanol–water partition coefficient (Wildman–Crippen LogP) is 2.88. The predicted molar refractivity (Wildman–Crippen MR) is 60.2 cm³/mol. The molecule has 0 fully saturated rings. The largest absolute Gasteiger partial charge is 0.481 e. The number of hydrogen-bond donors (Lipinski definition) is 1. The normalized spacial score (nSPS) is 10.3. The summed E-state index contributed by atoms with van der Waals surface area (Å²) in [4.78, 5) is 10.6. The van der Waals surface area contributed by atoms with Crippen LogP contribution in [0.5, 0.6) is 0 Å². The van der Waals surface area contributed by atoms with E-state index in [0.717, 1.165) is 22.5 Å². The van der Waals surface area contributed by atoms with Crippen molar-refractivity contribution in [3.8, 4) is 11.3 Å². The first kappa shape index (κ1) is 10.5. The zero-order chi connectivity index (χ0) is 11.5. The van der Waals surface area contributed by atoms with Crippen molar-refractivity contribution >= 4 is 5.97 Å². The molecule has 2 rings (SSSR count). The smallest absolute Gasteiger partial charge is 0.307 e. The fraction of sp³-hybridized carbons (Fsp3) is 0.154. The van der Waals surface area contributed by atoms with Gasteiger partial charge in [-0.2, -0.15) is 0 Å². The number of carbonyl (C=O) groups is 1. The van der Waals surface area contributed by atoms with Crippen LogP contribution in [-0.4, -0.2) is 11.1 Å². The molecule has 0 bridgehead atoms. The van der Waals surface area contributed by atoms with E-state index >= 15 is 0 Å². The second-order valence-corrected chi connectivity index (χ2v) is 3.70. The van der Waals surface area contributed by atoms with Gasteiger partial charge >= 0.3 is 5.97 Å². The molecule has 1 heterocycles. The SMILES string of the molecule is Cc1ccc(CC(=O)O)cc1-c1ccco1. The molecular weight excluding hydrogens is 204 g/mol. The average molecular weight is 216 g/mol. The van der Waals surface area contributed by atoms with Gasteiger partial charge in [0.15, 0.2) is 0 Å². The van der Waals surface area contributed by atoms with E-state index in [4.69, 9.17) is 9.52 Å². The quantitative estimate of drug-likeness (QED) is 0.858. The van der Waals surface area contributed by atoms with Gasteiger partial charge in [0, 0.05) is 5.56 Å². The lowest BCUT2D eigenvalue weighted by Gasteiger charge is -2.05. The highest BCUT2D eigenvalue weighted by molar-refractivity contribution is 5.72. The molecule has 0 aliphatic heterocycles. The average Bonchev–Trinajstić information content (AvgIpc) is 2.73. The van der Waals surface area contributed by atoms with Crippen LogP contribution in [0.15, 0.2) is 41.0 Å². The number of aryl methyl sites for hydroxylation is 1. The van der Waals surface area contributed by atoms with Gasteiger partial charge in [0.25, 0.3) is 0 Å². The Balaban J connectivity index is 2.41. The second kappa shape index (κ2) is 4.23. The fourth-order valence-corrected chi connectivity index (χ4v) is 1.65. The molecule has 3 nitrogen and oxygen atoms in total. The van der Waals surface area contributed by atoms with Gasteiger partial charge in [-0.1, -0.05) is 12.1 Å². The minimum Gasteiger partial charge on any atom is -0.481 e. The molecule has 0 radical (unpaired) electrons. The summed E-state index contributed by atoms with van der Waals surface area (Å²) in [5.74, 6) is -0.0565. The van der Waals surface area contributed by atoms with Gasteiger partial charge in [0.1, 0.15) is 5.76 Å². The molecule has 0 unspecified atom stereocenters. The number of rotatable bonds is 3. The highest BCUT2D eigenvalue weighted by Crippen LogP contribution is 2.25. The second-order valence-electron chi connectivity index (χ2n) is 3.70. The van der Waals surface area contributed by atoms with Crippen molar-refractivity contribution in [3.05, 3.63) is 47.7 Å². The lowest BCUT2D eigenvalue weighted by Crippen LogP contribution is -2.00. The van der Waals surface area contributed by atoms with E-state index < -0.39 is 5.97 Å². The third-order valence-corrected chi connectivity index (χ3v) is 2.44. The van der Waals surface area contributed by atoms with Gasteiger partial charge in [0.2, 0.25) is 0 Å². The van der Waals surface area contributed by atoms with Crippen LogP contribution in [0.25, 0.3) is 11.3 Å². The number of carboxylic acids is 1. The van der Waals surface area contributed by atoms with Gasteiger partial charge in [-0.05, 0) is 36.2 Å². The number of aliphatic carboxylic acids is 1. The molecule has 1 aromatic carbocycles. The van der Waals surface area contributed by atoms with Crippen molar-refractivity contribution in [1.29, 1.82) is 0 Å². The zero-order valence-electron chi connectivity index (χ0n) is 8.93. The Morgan fingerprint density at radius 3 is 2.81 bits per heavy atom. The van der Waals surface area contributed by atoms with Crippen LogP contribution in [0.2, 0.25) is 0 Å². The molecule has 0 amide bonds. The van der Waals surface area contributed by atoms with Gasteiger partial charge in [-0.15, -0.1) is 0 Å². The van der Waals surface area contributed by atoms with Crippen LogP contribution in [0.4, 0.5) is 0 Å². The lowest BCUT2D eigenvalue weighted by atomic mass is 10.0. The summed E-state index contributed by atoms with van der Waals surface area (Å²) >= 11 is 0. The van der Waals surface area contributed by atoms with Crippen molar-refractivity contribution in [1.82, 2.24) is 0 Å². The number of hydrogen-bond acceptors (Lipinski definition) is 2. The van der Waals surface area contributed by atoms with Gasteiger partial charge in [0.05, 0.1) is 12.7 Å². The molecule has 2 aromatic rings. The highest BCUT2D eigenvalue weighted by atomic mass is 16.4. The standard InChI is InChI=1S/C13H12O3/c1-9-4-5-10(8-13(14)15)7-11(9)12-3-2-6-16-12/h2-7H,8H2,1H3,(H,14,15). The van der Waals surface area contributed by atoms with E-state index in [9.17, 15) is 4.79 Å². The van der Waals surface area contributed by atoms with Crippen LogP contribution in [0.3, 0.4) is 0 Å². The maximum atomic E-state index is 10.6. The van der Waals surface area contributed by atoms with Crippen LogP contribution in [-0.2, 0) is 11.2 Å². The van der Waals surface area contributed by atoms with E-state index in [1.807, 2.05) is 37.3 Å². The minimum absolute atomic E-state index is 0.0357. The molecule has 16 heavy (non-hydrogen) atoms. The number of furan rings is 1. The minimum atomic E-state index is -0.825. The Morgan fingerprint density at radius 1 is 1.38 bits per heavy atom. The monoisotopic (exact) mass is 216 g/mol. The van der Waals surface area contributed by atoms with Crippen molar-refractivity contribution in [2.75, 3.05) is 0 Å². The maximum absolute atomic E-state index is 10.6. The Kier molecular flexibility index (Phi) is 2.77. The lowest BCUT2D eigenvalue weighted by molar-refractivity contribution is -0.136.